The van der Waals surface area contributed by atoms with Gasteiger partial charge in [-0.2, -0.15) is 0 Å². The summed E-state index contributed by atoms with van der Waals surface area (Å²) in [6.45, 7) is 4.14. The van der Waals surface area contributed by atoms with Crippen molar-refractivity contribution in [1.29, 1.82) is 0 Å². The van der Waals surface area contributed by atoms with Gasteiger partial charge in [0.15, 0.2) is 5.72 Å². The first-order valence-electron chi connectivity index (χ1n) is 8.35. The van der Waals surface area contributed by atoms with Crippen LogP contribution >= 0.6 is 0 Å². The van der Waals surface area contributed by atoms with Crippen molar-refractivity contribution in [1.82, 2.24) is 0 Å². The average molecular weight is 299 g/mol. The number of fused-ring (bicyclic) bond motifs is 2. The molecule has 2 heterocycles. The molecule has 0 aromatic heterocycles. The van der Waals surface area contributed by atoms with E-state index in [0.717, 1.165) is 24.1 Å². The Morgan fingerprint density at radius 2 is 2.23 bits per heavy atom. The fourth-order valence-corrected chi connectivity index (χ4v) is 5.88. The fourth-order valence-electron chi connectivity index (χ4n) is 5.88. The van der Waals surface area contributed by atoms with E-state index in [2.05, 4.69) is 13.0 Å². The summed E-state index contributed by atoms with van der Waals surface area (Å²) in [4.78, 5) is 15.1. The predicted octanol–water partition coefficient (Wildman–Crippen LogP) is 2.09. The molecular weight excluding hydrogens is 278 g/mol. The minimum absolute atomic E-state index is 0.0563. The highest BCUT2D eigenvalue weighted by Crippen LogP contribution is 2.68. The van der Waals surface area contributed by atoms with Crippen molar-refractivity contribution in [3.05, 3.63) is 29.8 Å². The number of carbonyl (C=O) groups is 1. The molecule has 1 aromatic rings. The summed E-state index contributed by atoms with van der Waals surface area (Å²) in [5, 5.41) is 10.5. The number of amides is 1. The third-order valence-electron chi connectivity index (χ3n) is 6.56. The Morgan fingerprint density at radius 3 is 2.95 bits per heavy atom. The maximum absolute atomic E-state index is 13.2. The molecule has 7 atom stereocenters. The molecule has 2 saturated heterocycles. The molecule has 4 heteroatoms. The minimum atomic E-state index is -0.545. The van der Waals surface area contributed by atoms with Crippen LogP contribution in [0.2, 0.25) is 0 Å². The van der Waals surface area contributed by atoms with Crippen LogP contribution in [-0.4, -0.2) is 28.9 Å². The number of hydrogen-bond donors (Lipinski definition) is 1. The second-order valence-electron chi connectivity index (χ2n) is 7.40. The van der Waals surface area contributed by atoms with Crippen LogP contribution < -0.4 is 4.90 Å². The molecular formula is C18H21NO3. The smallest absolute Gasteiger partial charge is 0.233 e. The molecule has 1 amide bonds. The van der Waals surface area contributed by atoms with E-state index in [1.165, 1.54) is 0 Å². The topological polar surface area (TPSA) is 49.8 Å². The van der Waals surface area contributed by atoms with Crippen molar-refractivity contribution in [3.8, 4) is 0 Å². The van der Waals surface area contributed by atoms with E-state index in [9.17, 15) is 9.90 Å². The van der Waals surface area contributed by atoms with Crippen LogP contribution in [0, 0.1) is 30.6 Å². The summed E-state index contributed by atoms with van der Waals surface area (Å²) >= 11 is 0. The van der Waals surface area contributed by atoms with Crippen molar-refractivity contribution in [2.45, 2.75) is 44.6 Å². The van der Waals surface area contributed by atoms with E-state index in [0.29, 0.717) is 5.92 Å². The van der Waals surface area contributed by atoms with Crippen molar-refractivity contribution in [2.24, 2.45) is 23.7 Å². The number of aliphatic hydroxyl groups excluding tert-OH is 1. The van der Waals surface area contributed by atoms with Crippen LogP contribution in [0.15, 0.2) is 24.3 Å². The number of nitrogens with zero attached hydrogens (tertiary/aromatic N) is 1. The van der Waals surface area contributed by atoms with Gasteiger partial charge < -0.3 is 9.84 Å². The number of rotatable bonds is 2. The number of anilines is 1. The Hall–Kier alpha value is -1.39. The fraction of sp³-hybridized carbons (Fsp3) is 0.611. The minimum Gasteiger partial charge on any atom is -0.390 e. The van der Waals surface area contributed by atoms with Gasteiger partial charge in [-0.3, -0.25) is 9.69 Å². The zero-order valence-corrected chi connectivity index (χ0v) is 12.9. The molecule has 116 valence electrons. The highest BCUT2D eigenvalue weighted by atomic mass is 16.6. The molecule has 2 saturated carbocycles. The molecule has 2 aliphatic carbocycles. The standard InChI is InChI=1S/C18H21NO3/c1-3-18-14-12-8-11(15(20)16(12)22-18)13(14)17(21)19(18)10-6-4-5-9(2)7-10/h4-7,11-16,20H,3,8H2,1-2H3/t11-,12-,13-,14+,15+,16-,18-/m0/s1. The molecule has 5 rings (SSSR count). The molecule has 1 N–H and O–H groups in total. The summed E-state index contributed by atoms with van der Waals surface area (Å²) < 4.78 is 6.41. The zero-order valence-electron chi connectivity index (χ0n) is 12.9. The van der Waals surface area contributed by atoms with Gasteiger partial charge in [0.1, 0.15) is 0 Å². The lowest BCUT2D eigenvalue weighted by Gasteiger charge is -2.38. The molecule has 2 bridgehead atoms. The Balaban J connectivity index is 1.68. The van der Waals surface area contributed by atoms with E-state index in [4.69, 9.17) is 4.74 Å². The monoisotopic (exact) mass is 299 g/mol. The van der Waals surface area contributed by atoms with Crippen molar-refractivity contribution >= 4 is 11.6 Å². The Morgan fingerprint density at radius 1 is 1.41 bits per heavy atom. The summed E-state index contributed by atoms with van der Waals surface area (Å²) in [5.41, 5.74) is 1.54. The maximum atomic E-state index is 13.2. The summed E-state index contributed by atoms with van der Waals surface area (Å²) in [7, 11) is 0. The van der Waals surface area contributed by atoms with E-state index in [1.54, 1.807) is 0 Å². The highest BCUT2D eigenvalue weighted by Gasteiger charge is 2.77. The van der Waals surface area contributed by atoms with Crippen molar-refractivity contribution in [3.63, 3.8) is 0 Å². The number of ether oxygens (including phenoxy) is 1. The van der Waals surface area contributed by atoms with Gasteiger partial charge >= 0.3 is 0 Å². The van der Waals surface area contributed by atoms with Crippen LogP contribution in [0.3, 0.4) is 0 Å². The molecule has 0 unspecified atom stereocenters. The first kappa shape index (κ1) is 13.1. The quantitative estimate of drug-likeness (QED) is 0.910. The lowest BCUT2D eigenvalue weighted by molar-refractivity contribution is -0.133. The predicted molar refractivity (Wildman–Crippen MR) is 81.1 cm³/mol. The molecule has 22 heavy (non-hydrogen) atoms. The van der Waals surface area contributed by atoms with Crippen molar-refractivity contribution in [2.75, 3.05) is 4.90 Å². The van der Waals surface area contributed by atoms with Gasteiger partial charge in [0, 0.05) is 11.6 Å². The van der Waals surface area contributed by atoms with E-state index >= 15 is 0 Å². The van der Waals surface area contributed by atoms with Gasteiger partial charge in [-0.05, 0) is 49.3 Å². The first-order valence-corrected chi connectivity index (χ1v) is 8.35. The van der Waals surface area contributed by atoms with Crippen molar-refractivity contribution < 1.29 is 14.6 Å². The van der Waals surface area contributed by atoms with Crippen LogP contribution in [-0.2, 0) is 9.53 Å². The van der Waals surface area contributed by atoms with Gasteiger partial charge in [-0.1, -0.05) is 19.1 Å². The van der Waals surface area contributed by atoms with E-state index in [-0.39, 0.29) is 29.8 Å². The molecule has 0 radical (unpaired) electrons. The summed E-state index contributed by atoms with van der Waals surface area (Å²) in [6, 6.07) is 8.11. The van der Waals surface area contributed by atoms with Crippen LogP contribution in [0.4, 0.5) is 5.69 Å². The van der Waals surface area contributed by atoms with Crippen LogP contribution in [0.1, 0.15) is 25.3 Å². The third kappa shape index (κ3) is 1.23. The van der Waals surface area contributed by atoms with E-state index in [1.807, 2.05) is 30.0 Å². The number of hydrogen-bond acceptors (Lipinski definition) is 3. The Bertz CT molecular complexity index is 674. The van der Waals surface area contributed by atoms with Gasteiger partial charge in [0.2, 0.25) is 5.91 Å². The van der Waals surface area contributed by atoms with Gasteiger partial charge in [0.05, 0.1) is 18.1 Å². The highest BCUT2D eigenvalue weighted by molar-refractivity contribution is 6.00. The summed E-state index contributed by atoms with van der Waals surface area (Å²) in [6.07, 6.45) is 1.20. The molecule has 4 fully saturated rings. The molecule has 4 aliphatic rings. The molecule has 2 aliphatic heterocycles. The SMILES string of the molecule is CC[C@]12O[C@@H]3[C@H](O)[C@H]4C[C@H]3[C@@H]1[C@H]4C(=O)N2c1cccc(C)c1. The lowest BCUT2D eigenvalue weighted by Crippen LogP contribution is -2.50. The Labute approximate surface area is 130 Å². The second kappa shape index (κ2) is 3.92. The third-order valence-corrected chi connectivity index (χ3v) is 6.56. The van der Waals surface area contributed by atoms with E-state index < -0.39 is 11.8 Å². The lowest BCUT2D eigenvalue weighted by atomic mass is 9.76. The maximum Gasteiger partial charge on any atom is 0.233 e. The van der Waals surface area contributed by atoms with Gasteiger partial charge in [0.25, 0.3) is 0 Å². The number of aliphatic hydroxyl groups is 1. The van der Waals surface area contributed by atoms with Crippen LogP contribution in [0.25, 0.3) is 0 Å². The zero-order chi connectivity index (χ0) is 15.2. The molecule has 4 nitrogen and oxygen atoms in total. The number of carbonyl (C=O) groups excluding carboxylic acids is 1. The normalized spacial score (nSPS) is 47.8. The molecule has 1 aromatic carbocycles. The largest absolute Gasteiger partial charge is 0.390 e. The average Bonchev–Trinajstić information content (AvgIpc) is 3.15. The van der Waals surface area contributed by atoms with Gasteiger partial charge in [-0.25, -0.2) is 0 Å². The number of aryl methyl sites for hydroxylation is 1. The first-order chi connectivity index (χ1) is 10.6. The number of benzene rings is 1. The Kier molecular flexibility index (Phi) is 2.33. The van der Waals surface area contributed by atoms with Crippen LogP contribution in [0.5, 0.6) is 0 Å². The summed E-state index contributed by atoms with van der Waals surface area (Å²) in [5.74, 6) is 0.796. The second-order valence-corrected chi connectivity index (χ2v) is 7.40. The molecule has 0 spiro atoms. The van der Waals surface area contributed by atoms with Gasteiger partial charge in [-0.15, -0.1) is 0 Å².